The predicted octanol–water partition coefficient (Wildman–Crippen LogP) is 5.02. The molecule has 1 saturated carbocycles. The van der Waals surface area contributed by atoms with E-state index in [4.69, 9.17) is 0 Å². The lowest BCUT2D eigenvalue weighted by molar-refractivity contribution is -0.140. The number of nitrogens with zero attached hydrogens (tertiary/aromatic N) is 2. The minimum absolute atomic E-state index is 0.0545. The smallest absolute Gasteiger partial charge is 0.226 e. The molecule has 1 fully saturated rings. The van der Waals surface area contributed by atoms with Crippen LogP contribution in [0.3, 0.4) is 0 Å². The zero-order chi connectivity index (χ0) is 18.4. The number of hydrogen-bond donors (Lipinski definition) is 0. The minimum atomic E-state index is -0.0545. The number of para-hydroxylation sites is 1. The van der Waals surface area contributed by atoms with Crippen LogP contribution in [0.25, 0.3) is 5.69 Å². The van der Waals surface area contributed by atoms with Crippen LogP contribution in [0.5, 0.6) is 0 Å². The second-order valence-electron chi connectivity index (χ2n) is 7.84. The van der Waals surface area contributed by atoms with Crippen LogP contribution in [0, 0.1) is 12.8 Å². The molecule has 1 aromatic heterocycles. The van der Waals surface area contributed by atoms with Crippen LogP contribution >= 0.6 is 0 Å². The van der Waals surface area contributed by atoms with Gasteiger partial charge in [0.15, 0.2) is 0 Å². The molecule has 0 bridgehead atoms. The Hall–Kier alpha value is -2.81. The molecule has 0 spiro atoms. The number of hydrogen-bond acceptors (Lipinski definition) is 1. The number of benzene rings is 2. The lowest BCUT2D eigenvalue weighted by Crippen LogP contribution is -2.41. The highest BCUT2D eigenvalue weighted by atomic mass is 16.2. The van der Waals surface area contributed by atoms with E-state index in [-0.39, 0.29) is 12.0 Å². The van der Waals surface area contributed by atoms with Crippen molar-refractivity contribution in [3.8, 4) is 5.69 Å². The maximum atomic E-state index is 13.4. The Morgan fingerprint density at radius 1 is 0.963 bits per heavy atom. The van der Waals surface area contributed by atoms with Crippen LogP contribution in [0.15, 0.2) is 66.9 Å². The van der Waals surface area contributed by atoms with E-state index in [1.165, 1.54) is 28.8 Å². The van der Waals surface area contributed by atoms with Gasteiger partial charge in [-0.05, 0) is 49.1 Å². The molecule has 27 heavy (non-hydrogen) atoms. The van der Waals surface area contributed by atoms with Gasteiger partial charge in [0.25, 0.3) is 0 Å². The summed E-state index contributed by atoms with van der Waals surface area (Å²) >= 11 is 0. The Kier molecular flexibility index (Phi) is 3.89. The Morgan fingerprint density at radius 2 is 1.74 bits per heavy atom. The maximum absolute atomic E-state index is 13.4. The molecule has 1 amide bonds. The van der Waals surface area contributed by atoms with Gasteiger partial charge in [-0.2, -0.15) is 0 Å². The zero-order valence-electron chi connectivity index (χ0n) is 15.6. The summed E-state index contributed by atoms with van der Waals surface area (Å²) in [5.74, 6) is 0.489. The first-order chi connectivity index (χ1) is 13.2. The number of amides is 1. The Balaban J connectivity index is 1.69. The van der Waals surface area contributed by atoms with E-state index in [2.05, 4.69) is 83.3 Å². The van der Waals surface area contributed by atoms with Gasteiger partial charge in [0.2, 0.25) is 5.91 Å². The topological polar surface area (TPSA) is 25.2 Å². The summed E-state index contributed by atoms with van der Waals surface area (Å²) in [5.41, 5.74) is 5.97. The fourth-order valence-electron chi connectivity index (χ4n) is 4.34. The molecule has 5 rings (SSSR count). The molecule has 1 atom stereocenters. The highest BCUT2D eigenvalue weighted by Crippen LogP contribution is 2.39. The summed E-state index contributed by atoms with van der Waals surface area (Å²) in [6, 6.07) is 21.3. The van der Waals surface area contributed by atoms with Gasteiger partial charge in [-0.3, -0.25) is 4.79 Å². The third-order valence-electron chi connectivity index (χ3n) is 6.09. The van der Waals surface area contributed by atoms with Crippen molar-refractivity contribution in [2.24, 2.45) is 5.92 Å². The molecule has 2 aliphatic rings. The van der Waals surface area contributed by atoms with Crippen LogP contribution in [0.1, 0.15) is 47.7 Å². The monoisotopic (exact) mass is 356 g/mol. The van der Waals surface area contributed by atoms with Crippen LogP contribution in [0.2, 0.25) is 0 Å². The maximum Gasteiger partial charge on any atom is 0.226 e. The zero-order valence-corrected chi connectivity index (χ0v) is 15.6. The lowest BCUT2D eigenvalue weighted by atomic mass is 9.83. The van der Waals surface area contributed by atoms with Gasteiger partial charge in [0.05, 0.1) is 11.7 Å². The second kappa shape index (κ2) is 6.41. The molecule has 1 aliphatic heterocycles. The van der Waals surface area contributed by atoms with Crippen molar-refractivity contribution >= 4 is 5.91 Å². The second-order valence-corrected chi connectivity index (χ2v) is 7.84. The van der Waals surface area contributed by atoms with Crippen LogP contribution in [0.4, 0.5) is 0 Å². The average Bonchev–Trinajstić information content (AvgIpc) is 3.06. The molecule has 0 radical (unpaired) electrons. The number of carbonyl (C=O) groups excluding carboxylic acids is 1. The van der Waals surface area contributed by atoms with Gasteiger partial charge in [0, 0.05) is 24.4 Å². The van der Waals surface area contributed by atoms with Crippen LogP contribution in [-0.2, 0) is 11.3 Å². The summed E-state index contributed by atoms with van der Waals surface area (Å²) in [4.78, 5) is 15.6. The van der Waals surface area contributed by atoms with E-state index < -0.39 is 0 Å². The minimum Gasteiger partial charge on any atom is -0.325 e. The predicted molar refractivity (Wildman–Crippen MR) is 107 cm³/mol. The first-order valence-electron chi connectivity index (χ1n) is 9.85. The molecule has 3 heteroatoms. The van der Waals surface area contributed by atoms with Crippen molar-refractivity contribution in [3.63, 3.8) is 0 Å². The highest BCUT2D eigenvalue weighted by molar-refractivity contribution is 5.81. The molecule has 0 N–H and O–H groups in total. The number of carbonyl (C=O) groups is 1. The normalized spacial score (nSPS) is 19.0. The van der Waals surface area contributed by atoms with Gasteiger partial charge >= 0.3 is 0 Å². The summed E-state index contributed by atoms with van der Waals surface area (Å²) in [6.07, 6.45) is 5.34. The molecule has 0 saturated heterocycles. The van der Waals surface area contributed by atoms with E-state index in [1.54, 1.807) is 0 Å². The fraction of sp³-hybridized carbons (Fsp3) is 0.292. The largest absolute Gasteiger partial charge is 0.325 e. The molecule has 2 heterocycles. The van der Waals surface area contributed by atoms with Crippen molar-refractivity contribution in [1.29, 1.82) is 0 Å². The van der Waals surface area contributed by atoms with E-state index in [1.807, 2.05) is 0 Å². The summed E-state index contributed by atoms with van der Waals surface area (Å²) in [6.45, 7) is 2.76. The molecular formula is C24H24N2O. The molecule has 2 aromatic carbocycles. The van der Waals surface area contributed by atoms with Crippen LogP contribution in [-0.4, -0.2) is 15.4 Å². The van der Waals surface area contributed by atoms with E-state index in [9.17, 15) is 4.79 Å². The summed E-state index contributed by atoms with van der Waals surface area (Å²) in [7, 11) is 0. The molecule has 136 valence electrons. The number of aryl methyl sites for hydroxylation is 1. The summed E-state index contributed by atoms with van der Waals surface area (Å²) in [5, 5.41) is 0. The average molecular weight is 356 g/mol. The Morgan fingerprint density at radius 3 is 2.48 bits per heavy atom. The number of fused-ring (bicyclic) bond motifs is 3. The Bertz CT molecular complexity index is 982. The van der Waals surface area contributed by atoms with Gasteiger partial charge in [-0.15, -0.1) is 0 Å². The van der Waals surface area contributed by atoms with Crippen molar-refractivity contribution in [1.82, 2.24) is 9.47 Å². The van der Waals surface area contributed by atoms with Gasteiger partial charge in [-0.1, -0.05) is 54.4 Å². The molecule has 1 aliphatic carbocycles. The van der Waals surface area contributed by atoms with Gasteiger partial charge in [-0.25, -0.2) is 0 Å². The lowest BCUT2D eigenvalue weighted by Gasteiger charge is -2.36. The first-order valence-corrected chi connectivity index (χ1v) is 9.85. The number of rotatable bonds is 2. The van der Waals surface area contributed by atoms with E-state index >= 15 is 0 Å². The molecule has 0 unspecified atom stereocenters. The molecule has 3 aromatic rings. The highest BCUT2D eigenvalue weighted by Gasteiger charge is 2.37. The SMILES string of the molecule is Cc1ccc([C@@H]2c3cccn3-c3ccccc3CN2C(=O)C2CCC2)cc1. The molecular weight excluding hydrogens is 332 g/mol. The van der Waals surface area contributed by atoms with E-state index in [0.29, 0.717) is 12.5 Å². The molecule has 3 nitrogen and oxygen atoms in total. The fourth-order valence-corrected chi connectivity index (χ4v) is 4.34. The van der Waals surface area contributed by atoms with Gasteiger partial charge < -0.3 is 9.47 Å². The Labute approximate surface area is 160 Å². The van der Waals surface area contributed by atoms with Crippen molar-refractivity contribution < 1.29 is 4.79 Å². The van der Waals surface area contributed by atoms with Crippen molar-refractivity contribution in [2.45, 2.75) is 38.8 Å². The van der Waals surface area contributed by atoms with Gasteiger partial charge in [0.1, 0.15) is 0 Å². The van der Waals surface area contributed by atoms with Crippen molar-refractivity contribution in [3.05, 3.63) is 89.2 Å². The van der Waals surface area contributed by atoms with Crippen molar-refractivity contribution in [2.75, 3.05) is 0 Å². The van der Waals surface area contributed by atoms with Crippen LogP contribution < -0.4 is 0 Å². The van der Waals surface area contributed by atoms with E-state index in [0.717, 1.165) is 18.5 Å². The standard InChI is InChI=1S/C24H24N2O/c1-17-11-13-18(14-12-17)23-22-10-5-15-25(22)21-9-3-2-6-20(21)16-26(23)24(27)19-7-4-8-19/h2-3,5-6,9-15,19,23H,4,7-8,16H2,1H3/t23-/m1/s1. The first kappa shape index (κ1) is 16.4. The number of aromatic nitrogens is 1. The third kappa shape index (κ3) is 2.69. The quantitative estimate of drug-likeness (QED) is 0.633. The summed E-state index contributed by atoms with van der Waals surface area (Å²) < 4.78 is 2.26. The third-order valence-corrected chi connectivity index (χ3v) is 6.09.